The van der Waals surface area contributed by atoms with Gasteiger partial charge < -0.3 is 4.98 Å². The highest BCUT2D eigenvalue weighted by Gasteiger charge is 2.29. The lowest BCUT2D eigenvalue weighted by Gasteiger charge is -2.07. The van der Waals surface area contributed by atoms with Crippen LogP contribution in [0.4, 0.5) is 13.2 Å². The number of aromatic nitrogens is 2. The summed E-state index contributed by atoms with van der Waals surface area (Å²) in [5, 5.41) is 0. The van der Waals surface area contributed by atoms with Crippen molar-refractivity contribution in [1.29, 1.82) is 0 Å². The Hall–Kier alpha value is -2.30. The van der Waals surface area contributed by atoms with Gasteiger partial charge in [-0.15, -0.1) is 0 Å². The van der Waals surface area contributed by atoms with Crippen LogP contribution in [0.15, 0.2) is 48.7 Å². The third-order valence-corrected chi connectivity index (χ3v) is 3.12. The standard InChI is InChI=1S/C15H11F3N2/c16-15(17,18)11-5-3-10(4-6-11)8-12-9-14-13(20-12)2-1-7-19-14/h1-7,9,20H,8H2. The van der Waals surface area contributed by atoms with Gasteiger partial charge in [-0.05, 0) is 35.9 Å². The van der Waals surface area contributed by atoms with E-state index in [1.54, 1.807) is 6.20 Å². The highest BCUT2D eigenvalue weighted by Crippen LogP contribution is 2.29. The minimum Gasteiger partial charge on any atom is -0.357 e. The molecule has 0 unspecified atom stereocenters. The molecular weight excluding hydrogens is 265 g/mol. The smallest absolute Gasteiger partial charge is 0.357 e. The molecule has 0 aliphatic rings. The lowest BCUT2D eigenvalue weighted by molar-refractivity contribution is -0.137. The van der Waals surface area contributed by atoms with E-state index in [1.807, 2.05) is 18.2 Å². The molecule has 1 aromatic carbocycles. The van der Waals surface area contributed by atoms with Gasteiger partial charge in [0.1, 0.15) is 0 Å². The molecule has 0 aliphatic carbocycles. The molecule has 0 fully saturated rings. The van der Waals surface area contributed by atoms with Gasteiger partial charge in [0, 0.05) is 18.3 Å². The number of nitrogens with zero attached hydrogens (tertiary/aromatic N) is 1. The lowest BCUT2D eigenvalue weighted by Crippen LogP contribution is -2.04. The summed E-state index contributed by atoms with van der Waals surface area (Å²) in [5.74, 6) is 0. The monoisotopic (exact) mass is 276 g/mol. The van der Waals surface area contributed by atoms with Crippen LogP contribution in [0.25, 0.3) is 11.0 Å². The number of hydrogen-bond acceptors (Lipinski definition) is 1. The second-order valence-corrected chi connectivity index (χ2v) is 4.60. The molecule has 3 rings (SSSR count). The summed E-state index contributed by atoms with van der Waals surface area (Å²) in [6.07, 6.45) is -2.03. The van der Waals surface area contributed by atoms with Gasteiger partial charge >= 0.3 is 6.18 Å². The van der Waals surface area contributed by atoms with E-state index in [0.29, 0.717) is 6.42 Å². The van der Waals surface area contributed by atoms with E-state index >= 15 is 0 Å². The Morgan fingerprint density at radius 3 is 2.45 bits per heavy atom. The minimum absolute atomic E-state index is 0.550. The second-order valence-electron chi connectivity index (χ2n) is 4.60. The summed E-state index contributed by atoms with van der Waals surface area (Å²) < 4.78 is 37.4. The van der Waals surface area contributed by atoms with Crippen LogP contribution in [0.3, 0.4) is 0 Å². The SMILES string of the molecule is FC(F)(F)c1ccc(Cc2cc3ncccc3[nH]2)cc1. The third kappa shape index (κ3) is 2.52. The molecule has 2 nitrogen and oxygen atoms in total. The number of benzene rings is 1. The van der Waals surface area contributed by atoms with Crippen molar-refractivity contribution in [2.45, 2.75) is 12.6 Å². The van der Waals surface area contributed by atoms with Gasteiger partial charge in [-0.25, -0.2) is 0 Å². The van der Waals surface area contributed by atoms with Crippen LogP contribution in [0.5, 0.6) is 0 Å². The van der Waals surface area contributed by atoms with E-state index in [1.165, 1.54) is 12.1 Å². The van der Waals surface area contributed by atoms with Crippen LogP contribution in [0, 0.1) is 0 Å². The molecule has 2 aromatic heterocycles. The van der Waals surface area contributed by atoms with Crippen LogP contribution < -0.4 is 0 Å². The highest BCUT2D eigenvalue weighted by molar-refractivity contribution is 5.75. The van der Waals surface area contributed by atoms with Gasteiger partial charge in [0.25, 0.3) is 0 Å². The molecule has 0 saturated carbocycles. The van der Waals surface area contributed by atoms with E-state index < -0.39 is 11.7 Å². The average molecular weight is 276 g/mol. The molecule has 0 amide bonds. The maximum Gasteiger partial charge on any atom is 0.416 e. The van der Waals surface area contributed by atoms with Crippen molar-refractivity contribution >= 4 is 11.0 Å². The maximum atomic E-state index is 12.5. The zero-order valence-corrected chi connectivity index (χ0v) is 10.4. The summed E-state index contributed by atoms with van der Waals surface area (Å²) in [4.78, 5) is 7.41. The first kappa shape index (κ1) is 12.7. The number of rotatable bonds is 2. The maximum absolute atomic E-state index is 12.5. The van der Waals surface area contributed by atoms with Crippen molar-refractivity contribution in [3.05, 3.63) is 65.5 Å². The molecule has 5 heteroatoms. The first-order valence-corrected chi connectivity index (χ1v) is 6.11. The quantitative estimate of drug-likeness (QED) is 0.747. The Balaban J connectivity index is 1.84. The number of hydrogen-bond donors (Lipinski definition) is 1. The second kappa shape index (κ2) is 4.67. The molecule has 0 radical (unpaired) electrons. The normalized spacial score (nSPS) is 11.9. The van der Waals surface area contributed by atoms with E-state index in [-0.39, 0.29) is 0 Å². The molecule has 0 bridgehead atoms. The van der Waals surface area contributed by atoms with E-state index in [4.69, 9.17) is 0 Å². The van der Waals surface area contributed by atoms with E-state index in [9.17, 15) is 13.2 Å². The van der Waals surface area contributed by atoms with Crippen molar-refractivity contribution in [2.75, 3.05) is 0 Å². The summed E-state index contributed by atoms with van der Waals surface area (Å²) in [6.45, 7) is 0. The van der Waals surface area contributed by atoms with Gasteiger partial charge in [-0.2, -0.15) is 13.2 Å². The van der Waals surface area contributed by atoms with Crippen molar-refractivity contribution in [2.24, 2.45) is 0 Å². The van der Waals surface area contributed by atoms with Gasteiger partial charge in [-0.1, -0.05) is 12.1 Å². The largest absolute Gasteiger partial charge is 0.416 e. The summed E-state index contributed by atoms with van der Waals surface area (Å²) >= 11 is 0. The molecule has 1 N–H and O–H groups in total. The molecule has 0 atom stereocenters. The molecule has 2 heterocycles. The molecule has 20 heavy (non-hydrogen) atoms. The summed E-state index contributed by atoms with van der Waals surface area (Å²) in [7, 11) is 0. The number of pyridine rings is 1. The molecule has 0 spiro atoms. The molecule has 0 aliphatic heterocycles. The van der Waals surface area contributed by atoms with Gasteiger partial charge in [0.15, 0.2) is 0 Å². The van der Waals surface area contributed by atoms with E-state index in [2.05, 4.69) is 9.97 Å². The minimum atomic E-state index is -4.29. The van der Waals surface area contributed by atoms with Crippen LogP contribution in [0.1, 0.15) is 16.8 Å². The van der Waals surface area contributed by atoms with Crippen LogP contribution in [-0.4, -0.2) is 9.97 Å². The predicted octanol–water partition coefficient (Wildman–Crippen LogP) is 4.17. The average Bonchev–Trinajstić information content (AvgIpc) is 2.80. The third-order valence-electron chi connectivity index (χ3n) is 3.12. The Morgan fingerprint density at radius 1 is 1.05 bits per heavy atom. The highest BCUT2D eigenvalue weighted by atomic mass is 19.4. The summed E-state index contributed by atoms with van der Waals surface area (Å²) in [5.41, 5.74) is 2.91. The fourth-order valence-electron chi connectivity index (χ4n) is 2.14. The Kier molecular flexibility index (Phi) is 2.97. The van der Waals surface area contributed by atoms with Crippen LogP contribution in [-0.2, 0) is 12.6 Å². The number of halogens is 3. The lowest BCUT2D eigenvalue weighted by atomic mass is 10.1. The Morgan fingerprint density at radius 2 is 1.80 bits per heavy atom. The van der Waals surface area contributed by atoms with Crippen molar-refractivity contribution in [3.8, 4) is 0 Å². The van der Waals surface area contributed by atoms with Gasteiger partial charge in [-0.3, -0.25) is 4.98 Å². The number of alkyl halides is 3. The zero-order valence-electron chi connectivity index (χ0n) is 10.4. The molecule has 3 aromatic rings. The predicted molar refractivity (Wildman–Crippen MR) is 70.3 cm³/mol. The fraction of sp³-hybridized carbons (Fsp3) is 0.133. The zero-order chi connectivity index (χ0) is 14.2. The Bertz CT molecular complexity index is 694. The van der Waals surface area contributed by atoms with Crippen LogP contribution >= 0.6 is 0 Å². The number of aromatic amines is 1. The van der Waals surface area contributed by atoms with Gasteiger partial charge in [0.2, 0.25) is 0 Å². The topological polar surface area (TPSA) is 28.7 Å². The number of nitrogens with one attached hydrogen (secondary N) is 1. The molecule has 0 saturated heterocycles. The summed E-state index contributed by atoms with van der Waals surface area (Å²) in [6, 6.07) is 10.9. The first-order chi connectivity index (χ1) is 9.52. The van der Waals surface area contributed by atoms with E-state index in [0.717, 1.165) is 34.4 Å². The van der Waals surface area contributed by atoms with Crippen molar-refractivity contribution in [3.63, 3.8) is 0 Å². The van der Waals surface area contributed by atoms with Crippen molar-refractivity contribution < 1.29 is 13.2 Å². The number of H-pyrrole nitrogens is 1. The number of fused-ring (bicyclic) bond motifs is 1. The Labute approximate surface area is 113 Å². The van der Waals surface area contributed by atoms with Gasteiger partial charge in [0.05, 0.1) is 16.6 Å². The first-order valence-electron chi connectivity index (χ1n) is 6.11. The fourth-order valence-corrected chi connectivity index (χ4v) is 2.14. The van der Waals surface area contributed by atoms with Crippen LogP contribution in [0.2, 0.25) is 0 Å². The molecule has 102 valence electrons. The van der Waals surface area contributed by atoms with Crippen molar-refractivity contribution in [1.82, 2.24) is 9.97 Å². The molecular formula is C15H11F3N2.